The van der Waals surface area contributed by atoms with E-state index in [-0.39, 0.29) is 0 Å². The number of anilines is 1. The highest BCUT2D eigenvalue weighted by atomic mass is 32.1. The predicted molar refractivity (Wildman–Crippen MR) is 80.7 cm³/mol. The highest BCUT2D eigenvalue weighted by Crippen LogP contribution is 2.22. The minimum atomic E-state index is 0.671. The van der Waals surface area contributed by atoms with E-state index in [2.05, 4.69) is 41.5 Å². The van der Waals surface area contributed by atoms with Crippen LogP contribution in [0, 0.1) is 13.8 Å². The first-order valence-electron chi connectivity index (χ1n) is 6.53. The second kappa shape index (κ2) is 6.68. The molecule has 0 aliphatic rings. The maximum atomic E-state index is 5.49. The van der Waals surface area contributed by atoms with Gasteiger partial charge in [-0.25, -0.2) is 4.98 Å². The van der Waals surface area contributed by atoms with Crippen molar-refractivity contribution in [3.05, 3.63) is 46.0 Å². The number of hydrogen-bond acceptors (Lipinski definition) is 4. The second-order valence-electron chi connectivity index (χ2n) is 4.42. The molecule has 3 nitrogen and oxygen atoms in total. The fraction of sp³-hybridized carbons (Fsp3) is 0.400. The first kappa shape index (κ1) is 14.0. The van der Waals surface area contributed by atoms with E-state index in [1.807, 2.05) is 13.8 Å². The van der Waals surface area contributed by atoms with Crippen LogP contribution in [-0.2, 0) is 17.9 Å². The summed E-state index contributed by atoms with van der Waals surface area (Å²) in [4.78, 5) is 5.76. The Morgan fingerprint density at radius 2 is 1.95 bits per heavy atom. The molecule has 0 saturated carbocycles. The van der Waals surface area contributed by atoms with Gasteiger partial charge in [0.25, 0.3) is 0 Å². The third kappa shape index (κ3) is 3.78. The number of hydrogen-bond donors (Lipinski definition) is 1. The minimum absolute atomic E-state index is 0.671. The fourth-order valence-electron chi connectivity index (χ4n) is 1.80. The molecule has 1 aromatic carbocycles. The van der Waals surface area contributed by atoms with E-state index in [4.69, 9.17) is 4.74 Å². The summed E-state index contributed by atoms with van der Waals surface area (Å²) in [5.74, 6) is 0. The Labute approximate surface area is 118 Å². The van der Waals surface area contributed by atoms with Crippen molar-refractivity contribution in [2.24, 2.45) is 0 Å². The largest absolute Gasteiger partial charge is 0.377 e. The fourth-order valence-corrected chi connectivity index (χ4v) is 2.61. The predicted octanol–water partition coefficient (Wildman–Crippen LogP) is 3.91. The lowest BCUT2D eigenvalue weighted by Crippen LogP contribution is -2.04. The lowest BCUT2D eigenvalue weighted by molar-refractivity contribution is 0.133. The number of thiazole rings is 1. The molecular formula is C15H20N2OS. The maximum absolute atomic E-state index is 5.49. The summed E-state index contributed by atoms with van der Waals surface area (Å²) in [6.07, 6.45) is 0. The summed E-state index contributed by atoms with van der Waals surface area (Å²) < 4.78 is 5.49. The van der Waals surface area contributed by atoms with Gasteiger partial charge < -0.3 is 10.1 Å². The molecule has 102 valence electrons. The van der Waals surface area contributed by atoms with Crippen molar-refractivity contribution in [2.75, 3.05) is 11.9 Å². The van der Waals surface area contributed by atoms with Gasteiger partial charge in [0, 0.05) is 18.0 Å². The molecule has 19 heavy (non-hydrogen) atoms. The highest BCUT2D eigenvalue weighted by molar-refractivity contribution is 7.15. The maximum Gasteiger partial charge on any atom is 0.183 e. The molecule has 0 fully saturated rings. The van der Waals surface area contributed by atoms with Crippen LogP contribution in [0.2, 0.25) is 0 Å². The molecule has 4 heteroatoms. The van der Waals surface area contributed by atoms with Crippen LogP contribution in [0.1, 0.15) is 28.6 Å². The average molecular weight is 276 g/mol. The van der Waals surface area contributed by atoms with Gasteiger partial charge in [0.2, 0.25) is 0 Å². The van der Waals surface area contributed by atoms with E-state index in [1.54, 1.807) is 11.3 Å². The standard InChI is InChI=1S/C15H20N2OS/c1-4-18-10-14-8-6-5-7-13(14)9-16-15-17-11(2)12(3)19-15/h5-8H,4,9-10H2,1-3H3,(H,16,17). The molecule has 0 unspecified atom stereocenters. The van der Waals surface area contributed by atoms with Crippen molar-refractivity contribution in [3.8, 4) is 0 Å². The average Bonchev–Trinajstić information content (AvgIpc) is 2.74. The van der Waals surface area contributed by atoms with Crippen LogP contribution in [0.25, 0.3) is 0 Å². The lowest BCUT2D eigenvalue weighted by atomic mass is 10.1. The molecule has 2 aromatic rings. The van der Waals surface area contributed by atoms with Crippen LogP contribution in [0.15, 0.2) is 24.3 Å². The van der Waals surface area contributed by atoms with Gasteiger partial charge in [-0.2, -0.15) is 0 Å². The summed E-state index contributed by atoms with van der Waals surface area (Å²) in [7, 11) is 0. The summed E-state index contributed by atoms with van der Waals surface area (Å²) in [6.45, 7) is 8.36. The smallest absolute Gasteiger partial charge is 0.183 e. The SMILES string of the molecule is CCOCc1ccccc1CNc1nc(C)c(C)s1. The van der Waals surface area contributed by atoms with E-state index < -0.39 is 0 Å². The van der Waals surface area contributed by atoms with Crippen molar-refractivity contribution >= 4 is 16.5 Å². The van der Waals surface area contributed by atoms with Gasteiger partial charge >= 0.3 is 0 Å². The Balaban J connectivity index is 2.02. The topological polar surface area (TPSA) is 34.1 Å². The second-order valence-corrected chi connectivity index (χ2v) is 5.62. The molecule has 1 N–H and O–H groups in total. The zero-order valence-electron chi connectivity index (χ0n) is 11.7. The minimum Gasteiger partial charge on any atom is -0.377 e. The van der Waals surface area contributed by atoms with Crippen molar-refractivity contribution in [1.29, 1.82) is 0 Å². The molecule has 0 aliphatic carbocycles. The Morgan fingerprint density at radius 3 is 2.58 bits per heavy atom. The Hall–Kier alpha value is -1.39. The molecule has 0 spiro atoms. The number of rotatable bonds is 6. The Bertz CT molecular complexity index is 517. The third-order valence-corrected chi connectivity index (χ3v) is 4.07. The zero-order valence-corrected chi connectivity index (χ0v) is 12.5. The van der Waals surface area contributed by atoms with Crippen LogP contribution in [0.4, 0.5) is 5.13 Å². The third-order valence-electron chi connectivity index (χ3n) is 3.04. The number of aromatic nitrogens is 1. The number of aryl methyl sites for hydroxylation is 2. The van der Waals surface area contributed by atoms with Crippen molar-refractivity contribution < 1.29 is 4.74 Å². The molecule has 0 amide bonds. The van der Waals surface area contributed by atoms with E-state index in [0.717, 1.165) is 24.0 Å². The monoisotopic (exact) mass is 276 g/mol. The summed E-state index contributed by atoms with van der Waals surface area (Å²) in [5, 5.41) is 4.38. The van der Waals surface area contributed by atoms with Crippen LogP contribution in [0.3, 0.4) is 0 Å². The first-order chi connectivity index (χ1) is 9.20. The Morgan fingerprint density at radius 1 is 1.21 bits per heavy atom. The number of nitrogens with one attached hydrogen (secondary N) is 1. The van der Waals surface area contributed by atoms with Gasteiger partial charge in [-0.05, 0) is 31.9 Å². The molecule has 0 atom stereocenters. The quantitative estimate of drug-likeness (QED) is 0.868. The molecule has 1 aromatic heterocycles. The molecule has 0 bridgehead atoms. The van der Waals surface area contributed by atoms with Gasteiger partial charge in [0.05, 0.1) is 12.3 Å². The number of benzene rings is 1. The van der Waals surface area contributed by atoms with Gasteiger partial charge in [0.15, 0.2) is 5.13 Å². The molecule has 0 saturated heterocycles. The van der Waals surface area contributed by atoms with Crippen LogP contribution in [-0.4, -0.2) is 11.6 Å². The zero-order chi connectivity index (χ0) is 13.7. The van der Waals surface area contributed by atoms with Gasteiger partial charge in [-0.3, -0.25) is 0 Å². The summed E-state index contributed by atoms with van der Waals surface area (Å²) in [6, 6.07) is 8.36. The molecule has 2 rings (SSSR count). The summed E-state index contributed by atoms with van der Waals surface area (Å²) >= 11 is 1.70. The highest BCUT2D eigenvalue weighted by Gasteiger charge is 2.05. The van der Waals surface area contributed by atoms with E-state index in [9.17, 15) is 0 Å². The van der Waals surface area contributed by atoms with Gasteiger partial charge in [0.1, 0.15) is 0 Å². The first-order valence-corrected chi connectivity index (χ1v) is 7.34. The van der Waals surface area contributed by atoms with Crippen molar-refractivity contribution in [3.63, 3.8) is 0 Å². The number of nitrogens with zero attached hydrogens (tertiary/aromatic N) is 1. The van der Waals surface area contributed by atoms with Crippen molar-refractivity contribution in [1.82, 2.24) is 4.98 Å². The summed E-state index contributed by atoms with van der Waals surface area (Å²) in [5.41, 5.74) is 3.61. The van der Waals surface area contributed by atoms with E-state index in [1.165, 1.54) is 16.0 Å². The van der Waals surface area contributed by atoms with E-state index in [0.29, 0.717) is 6.61 Å². The number of ether oxygens (including phenoxy) is 1. The lowest BCUT2D eigenvalue weighted by Gasteiger charge is -2.09. The van der Waals surface area contributed by atoms with Crippen LogP contribution >= 0.6 is 11.3 Å². The normalized spacial score (nSPS) is 10.7. The van der Waals surface area contributed by atoms with Gasteiger partial charge in [-0.1, -0.05) is 24.3 Å². The molecule has 0 aliphatic heterocycles. The molecule has 1 heterocycles. The van der Waals surface area contributed by atoms with Crippen LogP contribution in [0.5, 0.6) is 0 Å². The van der Waals surface area contributed by atoms with Crippen LogP contribution < -0.4 is 5.32 Å². The van der Waals surface area contributed by atoms with Gasteiger partial charge in [-0.15, -0.1) is 11.3 Å². The Kier molecular flexibility index (Phi) is 4.93. The molecule has 0 radical (unpaired) electrons. The van der Waals surface area contributed by atoms with E-state index >= 15 is 0 Å². The van der Waals surface area contributed by atoms with Crippen molar-refractivity contribution in [2.45, 2.75) is 33.9 Å². The molecular weight excluding hydrogens is 256 g/mol.